The van der Waals surface area contributed by atoms with E-state index in [0.717, 1.165) is 25.1 Å². The summed E-state index contributed by atoms with van der Waals surface area (Å²) in [6.07, 6.45) is 1.78. The van der Waals surface area contributed by atoms with Crippen molar-refractivity contribution in [3.63, 3.8) is 0 Å². The van der Waals surface area contributed by atoms with Crippen LogP contribution in [-0.2, 0) is 6.42 Å². The van der Waals surface area contributed by atoms with Gasteiger partial charge in [-0.1, -0.05) is 27.2 Å². The Hall–Kier alpha value is -1.56. The van der Waals surface area contributed by atoms with Crippen LogP contribution in [0.3, 0.4) is 0 Å². The van der Waals surface area contributed by atoms with Gasteiger partial charge in [-0.3, -0.25) is 9.89 Å². The number of rotatable bonds is 8. The zero-order valence-electron chi connectivity index (χ0n) is 13.9. The number of carbonyl (C=O) groups excluding carboxylic acids is 1. The van der Waals surface area contributed by atoms with Gasteiger partial charge in [-0.2, -0.15) is 5.10 Å². The van der Waals surface area contributed by atoms with E-state index in [1.54, 1.807) is 0 Å². The van der Waals surface area contributed by atoms with Crippen molar-refractivity contribution in [3.05, 3.63) is 11.4 Å². The molecule has 0 saturated heterocycles. The number of carbonyl (C=O) groups is 1. The van der Waals surface area contributed by atoms with E-state index >= 15 is 0 Å². The normalized spacial score (nSPS) is 11.4. The van der Waals surface area contributed by atoms with Crippen LogP contribution in [0.5, 0.6) is 0 Å². The number of hydrogen-bond donors (Lipinski definition) is 2. The summed E-state index contributed by atoms with van der Waals surface area (Å²) in [6.45, 7) is 8.49. The highest BCUT2D eigenvalue weighted by atomic mass is 16.2. The fourth-order valence-electron chi connectivity index (χ4n) is 2.18. The van der Waals surface area contributed by atoms with Crippen molar-refractivity contribution in [3.8, 4) is 0 Å². The van der Waals surface area contributed by atoms with E-state index in [1.165, 1.54) is 0 Å². The lowest BCUT2D eigenvalue weighted by atomic mass is 10.1. The number of nitrogens with zero attached hydrogens (tertiary/aromatic N) is 3. The molecular weight excluding hydrogens is 266 g/mol. The van der Waals surface area contributed by atoms with Gasteiger partial charge in [-0.05, 0) is 26.4 Å². The molecule has 1 amide bonds. The molecule has 1 aromatic rings. The van der Waals surface area contributed by atoms with Gasteiger partial charge >= 0.3 is 0 Å². The molecule has 1 rings (SSSR count). The minimum absolute atomic E-state index is 0.0818. The minimum Gasteiger partial charge on any atom is -0.395 e. The number of nitrogen functional groups attached to an aromatic ring is 1. The molecule has 120 valence electrons. The number of amides is 1. The van der Waals surface area contributed by atoms with E-state index in [9.17, 15) is 4.79 Å². The summed E-state index contributed by atoms with van der Waals surface area (Å²) in [7, 11) is 4.00. The fraction of sp³-hybridized carbons (Fsp3) is 0.733. The zero-order valence-corrected chi connectivity index (χ0v) is 13.9. The van der Waals surface area contributed by atoms with Gasteiger partial charge in [-0.25, -0.2) is 0 Å². The number of nitrogens with two attached hydrogens (primary N) is 1. The summed E-state index contributed by atoms with van der Waals surface area (Å²) >= 11 is 0. The quantitative estimate of drug-likeness (QED) is 0.763. The van der Waals surface area contributed by atoms with Crippen LogP contribution in [0.2, 0.25) is 0 Å². The topological polar surface area (TPSA) is 78.2 Å². The predicted molar refractivity (Wildman–Crippen MR) is 86.3 cm³/mol. The first-order valence-corrected chi connectivity index (χ1v) is 7.63. The molecule has 0 atom stereocenters. The Morgan fingerprint density at radius 2 is 2.00 bits per heavy atom. The second-order valence-corrected chi connectivity index (χ2v) is 6.16. The Morgan fingerprint density at radius 1 is 1.33 bits per heavy atom. The second-order valence-electron chi connectivity index (χ2n) is 6.16. The third-order valence-electron chi connectivity index (χ3n) is 3.28. The van der Waals surface area contributed by atoms with Crippen molar-refractivity contribution < 1.29 is 4.79 Å². The molecule has 1 heterocycles. The van der Waals surface area contributed by atoms with E-state index < -0.39 is 0 Å². The van der Waals surface area contributed by atoms with Gasteiger partial charge < -0.3 is 15.5 Å². The van der Waals surface area contributed by atoms with Crippen LogP contribution in [0.4, 0.5) is 5.69 Å². The Bertz CT molecular complexity index is 453. The molecule has 0 radical (unpaired) electrons. The van der Waals surface area contributed by atoms with Gasteiger partial charge in [0.1, 0.15) is 0 Å². The zero-order chi connectivity index (χ0) is 16.0. The number of aromatic amines is 1. The lowest BCUT2D eigenvalue weighted by Gasteiger charge is -2.25. The predicted octanol–water partition coefficient (Wildman–Crippen LogP) is 1.60. The standard InChI is InChI=1S/C15H29N5O/c1-6-7-12-13(16)14(18-17-12)15(21)20(10-11(2)3)9-8-19(4)5/h11H,6-10,16H2,1-5H3,(H,17,18). The monoisotopic (exact) mass is 295 g/mol. The largest absolute Gasteiger partial charge is 0.395 e. The molecule has 0 aliphatic carbocycles. The van der Waals surface area contributed by atoms with Gasteiger partial charge in [0, 0.05) is 19.6 Å². The smallest absolute Gasteiger partial charge is 0.276 e. The lowest BCUT2D eigenvalue weighted by Crippen LogP contribution is -2.39. The van der Waals surface area contributed by atoms with Crippen molar-refractivity contribution in [1.82, 2.24) is 20.0 Å². The number of likely N-dealkylation sites (N-methyl/N-ethyl adjacent to an activating group) is 1. The number of anilines is 1. The highest BCUT2D eigenvalue weighted by Crippen LogP contribution is 2.18. The molecule has 0 bridgehead atoms. The van der Waals surface area contributed by atoms with E-state index in [1.807, 2.05) is 19.0 Å². The average Bonchev–Trinajstić information content (AvgIpc) is 2.75. The van der Waals surface area contributed by atoms with Crippen LogP contribution in [0.1, 0.15) is 43.4 Å². The van der Waals surface area contributed by atoms with Crippen molar-refractivity contribution >= 4 is 11.6 Å². The van der Waals surface area contributed by atoms with Crippen LogP contribution >= 0.6 is 0 Å². The van der Waals surface area contributed by atoms with Crippen LogP contribution in [0, 0.1) is 5.92 Å². The van der Waals surface area contributed by atoms with Crippen LogP contribution in [-0.4, -0.2) is 59.6 Å². The van der Waals surface area contributed by atoms with Gasteiger partial charge in [0.25, 0.3) is 5.91 Å². The molecule has 0 unspecified atom stereocenters. The molecule has 6 nitrogen and oxygen atoms in total. The van der Waals surface area contributed by atoms with Crippen molar-refractivity contribution in [1.29, 1.82) is 0 Å². The Kier molecular flexibility index (Phi) is 6.68. The number of H-pyrrole nitrogens is 1. The van der Waals surface area contributed by atoms with E-state index in [4.69, 9.17) is 5.73 Å². The number of hydrogen-bond acceptors (Lipinski definition) is 4. The second kappa shape index (κ2) is 8.02. The minimum atomic E-state index is -0.0818. The Balaban J connectivity index is 2.88. The van der Waals surface area contributed by atoms with Gasteiger partial charge in [0.15, 0.2) is 5.69 Å². The molecule has 0 fully saturated rings. The van der Waals surface area contributed by atoms with Crippen molar-refractivity contribution in [2.45, 2.75) is 33.6 Å². The van der Waals surface area contributed by atoms with Crippen molar-refractivity contribution in [2.24, 2.45) is 5.92 Å². The fourth-order valence-corrected chi connectivity index (χ4v) is 2.18. The molecular formula is C15H29N5O. The SMILES string of the molecule is CCCc1[nH]nc(C(=O)N(CCN(C)C)CC(C)C)c1N. The highest BCUT2D eigenvalue weighted by Gasteiger charge is 2.23. The summed E-state index contributed by atoms with van der Waals surface area (Å²) in [4.78, 5) is 16.6. The molecule has 6 heteroatoms. The number of aromatic nitrogens is 2. The van der Waals surface area contributed by atoms with Crippen LogP contribution in [0.15, 0.2) is 0 Å². The van der Waals surface area contributed by atoms with Gasteiger partial charge in [0.05, 0.1) is 11.4 Å². The third-order valence-corrected chi connectivity index (χ3v) is 3.28. The average molecular weight is 295 g/mol. The van der Waals surface area contributed by atoms with Crippen molar-refractivity contribution in [2.75, 3.05) is 39.5 Å². The maximum atomic E-state index is 12.7. The van der Waals surface area contributed by atoms with E-state index in [0.29, 0.717) is 30.4 Å². The summed E-state index contributed by atoms with van der Waals surface area (Å²) < 4.78 is 0. The Labute approximate surface area is 127 Å². The first-order chi connectivity index (χ1) is 9.86. The molecule has 0 aliphatic heterocycles. The maximum Gasteiger partial charge on any atom is 0.276 e. The molecule has 3 N–H and O–H groups in total. The third kappa shape index (κ3) is 5.04. The first-order valence-electron chi connectivity index (χ1n) is 7.63. The van der Waals surface area contributed by atoms with E-state index in [2.05, 4.69) is 35.9 Å². The van der Waals surface area contributed by atoms with E-state index in [-0.39, 0.29) is 5.91 Å². The van der Waals surface area contributed by atoms with Gasteiger partial charge in [-0.15, -0.1) is 0 Å². The molecule has 1 aromatic heterocycles. The van der Waals surface area contributed by atoms with Crippen LogP contribution < -0.4 is 5.73 Å². The molecule has 0 aliphatic rings. The van der Waals surface area contributed by atoms with Crippen LogP contribution in [0.25, 0.3) is 0 Å². The first kappa shape index (κ1) is 17.5. The summed E-state index contributed by atoms with van der Waals surface area (Å²) in [5.41, 5.74) is 7.78. The summed E-state index contributed by atoms with van der Waals surface area (Å²) in [6, 6.07) is 0. The molecule has 0 aromatic carbocycles. The highest BCUT2D eigenvalue weighted by molar-refractivity contribution is 5.97. The summed E-state index contributed by atoms with van der Waals surface area (Å²) in [5.74, 6) is 0.327. The summed E-state index contributed by atoms with van der Waals surface area (Å²) in [5, 5.41) is 7.03. The Morgan fingerprint density at radius 3 is 2.52 bits per heavy atom. The molecule has 21 heavy (non-hydrogen) atoms. The number of aryl methyl sites for hydroxylation is 1. The number of nitrogens with one attached hydrogen (secondary N) is 1. The lowest BCUT2D eigenvalue weighted by molar-refractivity contribution is 0.0720. The molecule has 0 saturated carbocycles. The maximum absolute atomic E-state index is 12.7. The van der Waals surface area contributed by atoms with Gasteiger partial charge in [0.2, 0.25) is 0 Å². The molecule has 0 spiro atoms.